The second kappa shape index (κ2) is 4.10. The lowest BCUT2D eigenvalue weighted by molar-refractivity contribution is 0.402. The van der Waals surface area contributed by atoms with Gasteiger partial charge in [-0.05, 0) is 26.7 Å². The number of nitrogens with two attached hydrogens (primary N) is 1. The van der Waals surface area contributed by atoms with Gasteiger partial charge in [-0.1, -0.05) is 0 Å². The van der Waals surface area contributed by atoms with E-state index in [9.17, 15) is 8.42 Å². The van der Waals surface area contributed by atoms with Crippen LogP contribution in [-0.4, -0.2) is 29.5 Å². The zero-order valence-corrected chi connectivity index (χ0v) is 11.1. The van der Waals surface area contributed by atoms with Crippen molar-refractivity contribution in [2.75, 3.05) is 11.5 Å². The van der Waals surface area contributed by atoms with Crippen molar-refractivity contribution in [2.45, 2.75) is 38.3 Å². The summed E-state index contributed by atoms with van der Waals surface area (Å²) in [6, 6.07) is 0.207. The minimum absolute atomic E-state index is 0.207. The molecular formula is C11H19N3O2S. The Bertz CT molecular complexity index is 485. The van der Waals surface area contributed by atoms with E-state index in [1.807, 2.05) is 18.4 Å². The second-order valence-electron chi connectivity index (χ2n) is 5.29. The van der Waals surface area contributed by atoms with Crippen LogP contribution in [0.4, 0.5) is 0 Å². The topological polar surface area (TPSA) is 78.0 Å². The number of hydrogen-bond donors (Lipinski definition) is 1. The van der Waals surface area contributed by atoms with Crippen LogP contribution in [-0.2, 0) is 15.4 Å². The monoisotopic (exact) mass is 257 g/mol. The molecule has 2 N–H and O–H groups in total. The van der Waals surface area contributed by atoms with Crippen molar-refractivity contribution in [3.8, 4) is 0 Å². The molecule has 0 bridgehead atoms. The van der Waals surface area contributed by atoms with E-state index in [4.69, 9.17) is 5.73 Å². The molecule has 6 heteroatoms. The molecule has 1 saturated heterocycles. The highest BCUT2D eigenvalue weighted by molar-refractivity contribution is 7.91. The third-order valence-electron chi connectivity index (χ3n) is 3.24. The van der Waals surface area contributed by atoms with Gasteiger partial charge in [0.25, 0.3) is 0 Å². The van der Waals surface area contributed by atoms with Crippen molar-refractivity contribution in [1.82, 2.24) is 9.55 Å². The molecule has 1 aromatic rings. The molecule has 0 atom stereocenters. The van der Waals surface area contributed by atoms with Gasteiger partial charge in [-0.25, -0.2) is 13.4 Å². The van der Waals surface area contributed by atoms with Crippen LogP contribution in [0.25, 0.3) is 0 Å². The molecule has 0 aliphatic carbocycles. The number of hydrogen-bond acceptors (Lipinski definition) is 4. The first-order valence-electron chi connectivity index (χ1n) is 5.81. The number of rotatable bonds is 2. The molecule has 1 aliphatic rings. The molecule has 0 spiro atoms. The van der Waals surface area contributed by atoms with E-state index in [1.54, 1.807) is 12.5 Å². The summed E-state index contributed by atoms with van der Waals surface area (Å²) in [6.45, 7) is 3.86. The summed E-state index contributed by atoms with van der Waals surface area (Å²) in [5.41, 5.74) is 6.59. The zero-order valence-electron chi connectivity index (χ0n) is 10.3. The molecule has 0 aromatic carbocycles. The van der Waals surface area contributed by atoms with Crippen LogP contribution in [0, 0.1) is 0 Å². The second-order valence-corrected chi connectivity index (χ2v) is 7.59. The number of sulfone groups is 1. The van der Waals surface area contributed by atoms with Crippen molar-refractivity contribution in [3.63, 3.8) is 0 Å². The molecule has 2 heterocycles. The van der Waals surface area contributed by atoms with E-state index < -0.39 is 15.4 Å². The SMILES string of the molecule is CC(C)(N)c1cncn1C1CCS(=O)(=O)CC1. The summed E-state index contributed by atoms with van der Waals surface area (Å²) in [4.78, 5) is 4.13. The van der Waals surface area contributed by atoms with Crippen LogP contribution >= 0.6 is 0 Å². The normalized spacial score (nSPS) is 21.6. The first-order valence-corrected chi connectivity index (χ1v) is 7.63. The van der Waals surface area contributed by atoms with E-state index in [0.29, 0.717) is 12.8 Å². The van der Waals surface area contributed by atoms with E-state index >= 15 is 0 Å². The summed E-state index contributed by atoms with van der Waals surface area (Å²) in [5.74, 6) is 0.528. The molecule has 1 aliphatic heterocycles. The van der Waals surface area contributed by atoms with Gasteiger partial charge in [0.1, 0.15) is 9.84 Å². The first-order chi connectivity index (χ1) is 7.80. The van der Waals surface area contributed by atoms with E-state index in [1.165, 1.54) is 0 Å². The Balaban J connectivity index is 2.22. The van der Waals surface area contributed by atoms with Gasteiger partial charge < -0.3 is 10.3 Å². The first kappa shape index (κ1) is 12.6. The Kier molecular flexibility index (Phi) is 3.03. The van der Waals surface area contributed by atoms with Crippen LogP contribution in [0.3, 0.4) is 0 Å². The van der Waals surface area contributed by atoms with Gasteiger partial charge in [0.05, 0.1) is 29.1 Å². The lowest BCUT2D eigenvalue weighted by Crippen LogP contribution is -2.34. The van der Waals surface area contributed by atoms with Crippen LogP contribution in [0.5, 0.6) is 0 Å². The highest BCUT2D eigenvalue weighted by atomic mass is 32.2. The van der Waals surface area contributed by atoms with Crippen LogP contribution < -0.4 is 5.73 Å². The molecule has 1 fully saturated rings. The summed E-state index contributed by atoms with van der Waals surface area (Å²) in [7, 11) is -2.82. The Labute approximate surface area is 102 Å². The predicted molar refractivity (Wildman–Crippen MR) is 66.4 cm³/mol. The molecule has 0 radical (unpaired) electrons. The fourth-order valence-corrected chi connectivity index (χ4v) is 3.72. The van der Waals surface area contributed by atoms with Crippen molar-refractivity contribution in [3.05, 3.63) is 18.2 Å². The molecule has 17 heavy (non-hydrogen) atoms. The quantitative estimate of drug-likeness (QED) is 0.851. The lowest BCUT2D eigenvalue weighted by atomic mass is 10.0. The summed E-state index contributed by atoms with van der Waals surface area (Å²) in [6.07, 6.45) is 4.83. The highest BCUT2D eigenvalue weighted by Crippen LogP contribution is 2.28. The van der Waals surface area contributed by atoms with Gasteiger partial charge in [-0.15, -0.1) is 0 Å². The minimum atomic E-state index is -2.82. The van der Waals surface area contributed by atoms with Gasteiger partial charge in [0.2, 0.25) is 0 Å². The summed E-state index contributed by atoms with van der Waals surface area (Å²) in [5, 5.41) is 0. The summed E-state index contributed by atoms with van der Waals surface area (Å²) < 4.78 is 24.8. The van der Waals surface area contributed by atoms with E-state index in [2.05, 4.69) is 4.98 Å². The molecule has 2 rings (SSSR count). The van der Waals surface area contributed by atoms with Crippen molar-refractivity contribution >= 4 is 9.84 Å². The Morgan fingerprint density at radius 3 is 2.53 bits per heavy atom. The molecule has 96 valence electrons. The zero-order chi connectivity index (χ0) is 12.7. The lowest BCUT2D eigenvalue weighted by Gasteiger charge is -2.29. The van der Waals surface area contributed by atoms with Gasteiger partial charge in [-0.3, -0.25) is 0 Å². The van der Waals surface area contributed by atoms with Gasteiger partial charge >= 0.3 is 0 Å². The maximum absolute atomic E-state index is 11.4. The van der Waals surface area contributed by atoms with Gasteiger partial charge in [0.15, 0.2) is 0 Å². The highest BCUT2D eigenvalue weighted by Gasteiger charge is 2.28. The average molecular weight is 257 g/mol. The number of imidazole rings is 1. The van der Waals surface area contributed by atoms with Gasteiger partial charge in [0, 0.05) is 12.2 Å². The largest absolute Gasteiger partial charge is 0.330 e. The molecule has 1 aromatic heterocycles. The van der Waals surface area contributed by atoms with Crippen molar-refractivity contribution in [1.29, 1.82) is 0 Å². The summed E-state index contributed by atoms with van der Waals surface area (Å²) >= 11 is 0. The van der Waals surface area contributed by atoms with E-state index in [-0.39, 0.29) is 17.5 Å². The number of aromatic nitrogens is 2. The minimum Gasteiger partial charge on any atom is -0.330 e. The molecule has 0 unspecified atom stereocenters. The molecule has 0 amide bonds. The third-order valence-corrected chi connectivity index (χ3v) is 4.96. The Morgan fingerprint density at radius 1 is 1.41 bits per heavy atom. The Morgan fingerprint density at radius 2 is 2.00 bits per heavy atom. The molecule has 0 saturated carbocycles. The van der Waals surface area contributed by atoms with Crippen LogP contribution in [0.15, 0.2) is 12.5 Å². The van der Waals surface area contributed by atoms with E-state index in [0.717, 1.165) is 5.69 Å². The maximum Gasteiger partial charge on any atom is 0.150 e. The van der Waals surface area contributed by atoms with Crippen molar-refractivity contribution in [2.24, 2.45) is 5.73 Å². The van der Waals surface area contributed by atoms with Crippen LogP contribution in [0.1, 0.15) is 38.4 Å². The standard InChI is InChI=1S/C11H19N3O2S/c1-11(2,12)10-7-13-8-14(10)9-3-5-17(15,16)6-4-9/h7-9H,3-6,12H2,1-2H3. The molecule has 5 nitrogen and oxygen atoms in total. The fraction of sp³-hybridized carbons (Fsp3) is 0.727. The van der Waals surface area contributed by atoms with Crippen LogP contribution in [0.2, 0.25) is 0 Å². The molecular weight excluding hydrogens is 238 g/mol. The van der Waals surface area contributed by atoms with Gasteiger partial charge in [-0.2, -0.15) is 0 Å². The maximum atomic E-state index is 11.4. The van der Waals surface area contributed by atoms with Crippen molar-refractivity contribution < 1.29 is 8.42 Å². The fourth-order valence-electron chi connectivity index (χ4n) is 2.25. The number of nitrogens with zero attached hydrogens (tertiary/aromatic N) is 2. The average Bonchev–Trinajstić information content (AvgIpc) is 2.65. The Hall–Kier alpha value is -0.880. The third kappa shape index (κ3) is 2.69. The smallest absolute Gasteiger partial charge is 0.150 e. The predicted octanol–water partition coefficient (Wildman–Crippen LogP) is 0.827.